The summed E-state index contributed by atoms with van der Waals surface area (Å²) in [5, 5.41) is 3.85. The van der Waals surface area contributed by atoms with Gasteiger partial charge in [-0.2, -0.15) is 0 Å². The van der Waals surface area contributed by atoms with Crippen LogP contribution in [-0.4, -0.2) is 28.3 Å². The number of amides is 1. The van der Waals surface area contributed by atoms with E-state index < -0.39 is 0 Å². The van der Waals surface area contributed by atoms with Gasteiger partial charge in [-0.05, 0) is 30.4 Å². The molecule has 0 spiro atoms. The number of para-hydroxylation sites is 2. The molecule has 23 heavy (non-hydrogen) atoms. The summed E-state index contributed by atoms with van der Waals surface area (Å²) in [7, 11) is 0. The van der Waals surface area contributed by atoms with Gasteiger partial charge in [-0.1, -0.05) is 54.2 Å². The van der Waals surface area contributed by atoms with Gasteiger partial charge in [0.15, 0.2) is 5.16 Å². The Morgan fingerprint density at radius 1 is 1.13 bits per heavy atom. The summed E-state index contributed by atoms with van der Waals surface area (Å²) >= 11 is 1.56. The molecule has 3 rings (SSSR count). The predicted octanol–water partition coefficient (Wildman–Crippen LogP) is 3.12. The highest BCUT2D eigenvalue weighted by Gasteiger charge is 2.12. The van der Waals surface area contributed by atoms with Gasteiger partial charge < -0.3 is 9.88 Å². The van der Waals surface area contributed by atoms with Gasteiger partial charge in [-0.15, -0.1) is 0 Å². The number of aromatic nitrogens is 2. The molecule has 5 heteroatoms. The molecule has 0 aliphatic rings. The van der Waals surface area contributed by atoms with Gasteiger partial charge in [0.25, 0.3) is 0 Å². The van der Waals surface area contributed by atoms with Crippen LogP contribution in [0.3, 0.4) is 0 Å². The molecule has 2 aromatic carbocycles. The van der Waals surface area contributed by atoms with Crippen molar-refractivity contribution in [1.29, 1.82) is 0 Å². The zero-order valence-corrected chi connectivity index (χ0v) is 13.8. The molecule has 0 aliphatic carbocycles. The van der Waals surface area contributed by atoms with Gasteiger partial charge in [0.05, 0.1) is 11.0 Å². The van der Waals surface area contributed by atoms with Crippen molar-refractivity contribution in [2.45, 2.75) is 18.1 Å². The number of imidazole rings is 1. The van der Waals surface area contributed by atoms with E-state index in [2.05, 4.69) is 22.4 Å². The van der Waals surface area contributed by atoms with Gasteiger partial charge in [-0.25, -0.2) is 4.98 Å². The van der Waals surface area contributed by atoms with Crippen molar-refractivity contribution in [3.8, 4) is 0 Å². The highest BCUT2D eigenvalue weighted by atomic mass is 32.2. The SMILES string of the molecule is CSc1nc2ccccc2n1CC(=O)NCCc1ccccc1. The van der Waals surface area contributed by atoms with Crippen LogP contribution in [0, 0.1) is 0 Å². The van der Waals surface area contributed by atoms with Gasteiger partial charge in [0, 0.05) is 6.54 Å². The molecule has 0 fully saturated rings. The highest BCUT2D eigenvalue weighted by Crippen LogP contribution is 2.21. The first-order valence-corrected chi connectivity index (χ1v) is 8.80. The number of carbonyl (C=O) groups is 1. The van der Waals surface area contributed by atoms with Crippen molar-refractivity contribution < 1.29 is 4.79 Å². The van der Waals surface area contributed by atoms with Crippen LogP contribution >= 0.6 is 11.8 Å². The molecule has 0 aliphatic heterocycles. The summed E-state index contributed by atoms with van der Waals surface area (Å²) in [4.78, 5) is 16.8. The molecule has 0 atom stereocenters. The minimum Gasteiger partial charge on any atom is -0.354 e. The fourth-order valence-corrected chi connectivity index (χ4v) is 3.13. The van der Waals surface area contributed by atoms with E-state index in [-0.39, 0.29) is 5.91 Å². The molecule has 0 saturated heterocycles. The maximum Gasteiger partial charge on any atom is 0.240 e. The van der Waals surface area contributed by atoms with Crippen LogP contribution in [0.1, 0.15) is 5.56 Å². The lowest BCUT2D eigenvalue weighted by Crippen LogP contribution is -2.29. The lowest BCUT2D eigenvalue weighted by molar-refractivity contribution is -0.121. The van der Waals surface area contributed by atoms with Crippen LogP contribution in [0.5, 0.6) is 0 Å². The zero-order chi connectivity index (χ0) is 16.1. The van der Waals surface area contributed by atoms with E-state index in [1.54, 1.807) is 11.8 Å². The molecule has 0 radical (unpaired) electrons. The maximum absolute atomic E-state index is 12.2. The monoisotopic (exact) mass is 325 g/mol. The van der Waals surface area contributed by atoms with Gasteiger partial charge in [0.1, 0.15) is 6.54 Å². The number of carbonyl (C=O) groups excluding carboxylic acids is 1. The Balaban J connectivity index is 1.64. The number of rotatable bonds is 6. The van der Waals surface area contributed by atoms with E-state index in [0.717, 1.165) is 22.6 Å². The van der Waals surface area contributed by atoms with Crippen LogP contribution < -0.4 is 5.32 Å². The summed E-state index contributed by atoms with van der Waals surface area (Å²) < 4.78 is 1.97. The van der Waals surface area contributed by atoms with Crippen LogP contribution in [0.25, 0.3) is 11.0 Å². The summed E-state index contributed by atoms with van der Waals surface area (Å²) in [6, 6.07) is 18.1. The first kappa shape index (κ1) is 15.6. The van der Waals surface area contributed by atoms with Crippen molar-refractivity contribution in [2.75, 3.05) is 12.8 Å². The Labute approximate surface area is 139 Å². The fourth-order valence-electron chi connectivity index (χ4n) is 2.55. The van der Waals surface area contributed by atoms with Crippen molar-refractivity contribution in [2.24, 2.45) is 0 Å². The molecule has 0 bridgehead atoms. The zero-order valence-electron chi connectivity index (χ0n) is 13.0. The second kappa shape index (κ2) is 7.33. The number of nitrogens with one attached hydrogen (secondary N) is 1. The first-order valence-electron chi connectivity index (χ1n) is 7.58. The van der Waals surface area contributed by atoms with Crippen molar-refractivity contribution in [3.05, 3.63) is 60.2 Å². The molecule has 118 valence electrons. The number of hydrogen-bond acceptors (Lipinski definition) is 3. The molecule has 1 amide bonds. The summed E-state index contributed by atoms with van der Waals surface area (Å²) in [5.41, 5.74) is 3.15. The van der Waals surface area contributed by atoms with Gasteiger partial charge in [-0.3, -0.25) is 4.79 Å². The summed E-state index contributed by atoms with van der Waals surface area (Å²) in [5.74, 6) is 0.0133. The second-order valence-electron chi connectivity index (χ2n) is 5.26. The Kier molecular flexibility index (Phi) is 4.98. The fraction of sp³-hybridized carbons (Fsp3) is 0.222. The quantitative estimate of drug-likeness (QED) is 0.708. The molecule has 1 N–H and O–H groups in total. The number of thioether (sulfide) groups is 1. The molecule has 0 saturated carbocycles. The first-order chi connectivity index (χ1) is 11.3. The van der Waals surface area contributed by atoms with Crippen molar-refractivity contribution >= 4 is 28.7 Å². The third-order valence-electron chi connectivity index (χ3n) is 3.68. The minimum absolute atomic E-state index is 0.0133. The van der Waals surface area contributed by atoms with Crippen LogP contribution in [0.15, 0.2) is 59.8 Å². The number of benzene rings is 2. The number of fused-ring (bicyclic) bond motifs is 1. The predicted molar refractivity (Wildman–Crippen MR) is 94.7 cm³/mol. The Bertz CT molecular complexity index is 798. The number of hydrogen-bond donors (Lipinski definition) is 1. The Hall–Kier alpha value is -2.27. The smallest absolute Gasteiger partial charge is 0.240 e. The summed E-state index contributed by atoms with van der Waals surface area (Å²) in [6.45, 7) is 0.940. The normalized spacial score (nSPS) is 10.8. The molecule has 0 unspecified atom stereocenters. The topological polar surface area (TPSA) is 46.9 Å². The highest BCUT2D eigenvalue weighted by molar-refractivity contribution is 7.98. The lowest BCUT2D eigenvalue weighted by atomic mass is 10.1. The van der Waals surface area contributed by atoms with E-state index in [4.69, 9.17) is 0 Å². The lowest BCUT2D eigenvalue weighted by Gasteiger charge is -2.09. The van der Waals surface area contributed by atoms with E-state index in [9.17, 15) is 4.79 Å². The summed E-state index contributed by atoms with van der Waals surface area (Å²) in [6.07, 6.45) is 2.82. The van der Waals surface area contributed by atoms with Crippen LogP contribution in [-0.2, 0) is 17.8 Å². The Morgan fingerprint density at radius 3 is 2.65 bits per heavy atom. The largest absolute Gasteiger partial charge is 0.354 e. The van der Waals surface area contributed by atoms with Gasteiger partial charge >= 0.3 is 0 Å². The minimum atomic E-state index is 0.0133. The standard InChI is InChI=1S/C18H19N3OS/c1-23-18-20-15-9-5-6-10-16(15)21(18)13-17(22)19-12-11-14-7-3-2-4-8-14/h2-10H,11-13H2,1H3,(H,19,22). The van der Waals surface area contributed by atoms with E-state index >= 15 is 0 Å². The van der Waals surface area contributed by atoms with Gasteiger partial charge in [0.2, 0.25) is 5.91 Å². The molecular formula is C18H19N3OS. The van der Waals surface area contributed by atoms with Crippen molar-refractivity contribution in [1.82, 2.24) is 14.9 Å². The van der Waals surface area contributed by atoms with Crippen LogP contribution in [0.4, 0.5) is 0 Å². The molecule has 4 nitrogen and oxygen atoms in total. The molecular weight excluding hydrogens is 306 g/mol. The third-order valence-corrected chi connectivity index (χ3v) is 4.36. The van der Waals surface area contributed by atoms with Crippen molar-refractivity contribution in [3.63, 3.8) is 0 Å². The average molecular weight is 325 g/mol. The second-order valence-corrected chi connectivity index (χ2v) is 6.03. The molecule has 1 aromatic heterocycles. The van der Waals surface area contributed by atoms with E-state index in [1.807, 2.05) is 53.3 Å². The number of nitrogens with zero attached hydrogens (tertiary/aromatic N) is 2. The average Bonchev–Trinajstić information content (AvgIpc) is 2.94. The van der Waals surface area contributed by atoms with Crippen LogP contribution in [0.2, 0.25) is 0 Å². The molecule has 1 heterocycles. The van der Waals surface area contributed by atoms with E-state index in [1.165, 1.54) is 5.56 Å². The maximum atomic E-state index is 12.2. The molecule has 3 aromatic rings. The van der Waals surface area contributed by atoms with E-state index in [0.29, 0.717) is 13.1 Å². The third kappa shape index (κ3) is 3.74. The Morgan fingerprint density at radius 2 is 1.87 bits per heavy atom.